The summed E-state index contributed by atoms with van der Waals surface area (Å²) in [7, 11) is 0. The van der Waals surface area contributed by atoms with Crippen LogP contribution in [0.5, 0.6) is 0 Å². The Morgan fingerprint density at radius 3 is 2.14 bits per heavy atom. The van der Waals surface area contributed by atoms with Crippen LogP contribution in [0, 0.1) is 0 Å². The summed E-state index contributed by atoms with van der Waals surface area (Å²) in [4.78, 5) is 4.04. The monoisotopic (exact) mass is 299 g/mol. The quantitative estimate of drug-likeness (QED) is 0.894. The zero-order chi connectivity index (χ0) is 15.8. The average molecular weight is 299 g/mol. The first-order chi connectivity index (χ1) is 9.56. The van der Waals surface area contributed by atoms with Crippen LogP contribution in [-0.2, 0) is 6.18 Å². The molecular formula is C13H16F3N5. The summed E-state index contributed by atoms with van der Waals surface area (Å²) >= 11 is 0. The van der Waals surface area contributed by atoms with Gasteiger partial charge in [-0.2, -0.15) is 22.8 Å². The van der Waals surface area contributed by atoms with Crippen molar-refractivity contribution in [2.75, 3.05) is 11.1 Å². The largest absolute Gasteiger partial charge is 0.416 e. The fourth-order valence-electron chi connectivity index (χ4n) is 1.69. The van der Waals surface area contributed by atoms with Crippen LogP contribution >= 0.6 is 0 Å². The summed E-state index contributed by atoms with van der Waals surface area (Å²) < 4.78 is 38.9. The van der Waals surface area contributed by atoms with Gasteiger partial charge in [-0.05, 0) is 45.0 Å². The van der Waals surface area contributed by atoms with Gasteiger partial charge in [0.1, 0.15) is 0 Å². The van der Waals surface area contributed by atoms with Crippen molar-refractivity contribution in [2.24, 2.45) is 0 Å². The van der Waals surface area contributed by atoms with Crippen molar-refractivity contribution in [1.29, 1.82) is 0 Å². The minimum absolute atomic E-state index is 0.0986. The lowest BCUT2D eigenvalue weighted by molar-refractivity contribution is -0.137. The van der Waals surface area contributed by atoms with Gasteiger partial charge in [0.25, 0.3) is 0 Å². The molecule has 0 amide bonds. The third kappa shape index (κ3) is 3.65. The Hall–Kier alpha value is -2.25. The van der Waals surface area contributed by atoms with Gasteiger partial charge in [0, 0.05) is 5.54 Å². The Labute approximate surface area is 120 Å². The van der Waals surface area contributed by atoms with Crippen LogP contribution in [0.15, 0.2) is 24.3 Å². The van der Waals surface area contributed by atoms with Crippen LogP contribution < -0.4 is 11.1 Å². The smallest absolute Gasteiger partial charge is 0.368 e. The molecule has 0 aliphatic carbocycles. The van der Waals surface area contributed by atoms with E-state index in [1.165, 1.54) is 16.8 Å². The van der Waals surface area contributed by atoms with Gasteiger partial charge in [0.2, 0.25) is 11.9 Å². The van der Waals surface area contributed by atoms with E-state index in [2.05, 4.69) is 15.4 Å². The molecule has 8 heteroatoms. The second-order valence-corrected chi connectivity index (χ2v) is 5.63. The molecule has 0 saturated heterocycles. The molecule has 1 aromatic heterocycles. The molecule has 0 fully saturated rings. The first kappa shape index (κ1) is 15.1. The molecule has 5 nitrogen and oxygen atoms in total. The fraction of sp³-hybridized carbons (Fsp3) is 0.385. The molecule has 0 atom stereocenters. The van der Waals surface area contributed by atoms with Gasteiger partial charge in [0.05, 0.1) is 11.3 Å². The fourth-order valence-corrected chi connectivity index (χ4v) is 1.69. The summed E-state index contributed by atoms with van der Waals surface area (Å²) in [5.41, 5.74) is 5.18. The molecule has 0 spiro atoms. The highest BCUT2D eigenvalue weighted by Gasteiger charge is 2.30. The molecular weight excluding hydrogens is 283 g/mol. The summed E-state index contributed by atoms with van der Waals surface area (Å²) in [5, 5.41) is 7.19. The van der Waals surface area contributed by atoms with E-state index in [1.54, 1.807) is 0 Å². The van der Waals surface area contributed by atoms with Gasteiger partial charge < -0.3 is 11.1 Å². The number of anilines is 2. The topological polar surface area (TPSA) is 68.8 Å². The number of nitrogens with two attached hydrogens (primary N) is 1. The van der Waals surface area contributed by atoms with Crippen LogP contribution in [0.4, 0.5) is 25.1 Å². The lowest BCUT2D eigenvalue weighted by atomic mass is 10.1. The molecule has 0 radical (unpaired) electrons. The Kier molecular flexibility index (Phi) is 3.56. The number of hydrogen-bond donors (Lipinski definition) is 2. The molecule has 0 aliphatic rings. The van der Waals surface area contributed by atoms with Crippen molar-refractivity contribution in [1.82, 2.24) is 14.8 Å². The van der Waals surface area contributed by atoms with Crippen molar-refractivity contribution < 1.29 is 13.2 Å². The highest BCUT2D eigenvalue weighted by molar-refractivity contribution is 5.43. The minimum Gasteiger partial charge on any atom is -0.368 e. The van der Waals surface area contributed by atoms with Crippen LogP contribution in [-0.4, -0.2) is 20.3 Å². The van der Waals surface area contributed by atoms with Crippen molar-refractivity contribution >= 4 is 11.9 Å². The highest BCUT2D eigenvalue weighted by Crippen LogP contribution is 2.29. The number of rotatable bonds is 2. The van der Waals surface area contributed by atoms with Gasteiger partial charge >= 0.3 is 6.18 Å². The van der Waals surface area contributed by atoms with E-state index in [0.29, 0.717) is 11.6 Å². The average Bonchev–Trinajstić information content (AvgIpc) is 2.66. The van der Waals surface area contributed by atoms with Crippen molar-refractivity contribution in [3.8, 4) is 5.69 Å². The standard InChI is InChI=1S/C13H16F3N5/c1-12(2,3)19-11-18-10(17)21(20-11)9-6-4-8(5-7-9)13(14,15)16/h4-7H,1-3H3,(H3,17,18,19,20). The molecule has 2 rings (SSSR count). The molecule has 0 bridgehead atoms. The molecule has 114 valence electrons. The molecule has 0 unspecified atom stereocenters. The number of nitrogens with one attached hydrogen (secondary N) is 1. The zero-order valence-corrected chi connectivity index (χ0v) is 11.9. The lowest BCUT2D eigenvalue weighted by Gasteiger charge is -2.18. The number of benzene rings is 1. The number of halogens is 3. The predicted molar refractivity (Wildman–Crippen MR) is 74.1 cm³/mol. The summed E-state index contributed by atoms with van der Waals surface area (Å²) in [6.45, 7) is 5.80. The maximum absolute atomic E-state index is 12.5. The molecule has 1 heterocycles. The van der Waals surface area contributed by atoms with Gasteiger partial charge in [0.15, 0.2) is 0 Å². The maximum Gasteiger partial charge on any atom is 0.416 e. The van der Waals surface area contributed by atoms with E-state index >= 15 is 0 Å². The van der Waals surface area contributed by atoms with Crippen molar-refractivity contribution in [3.05, 3.63) is 29.8 Å². The van der Waals surface area contributed by atoms with Crippen LogP contribution in [0.2, 0.25) is 0 Å². The predicted octanol–water partition coefficient (Wildman–Crippen LogP) is 3.08. The van der Waals surface area contributed by atoms with Gasteiger partial charge in [-0.25, -0.2) is 0 Å². The first-order valence-electron chi connectivity index (χ1n) is 6.25. The molecule has 21 heavy (non-hydrogen) atoms. The summed E-state index contributed by atoms with van der Waals surface area (Å²) in [5.74, 6) is 0.418. The Bertz CT molecular complexity index is 623. The third-order valence-corrected chi connectivity index (χ3v) is 2.56. The van der Waals surface area contributed by atoms with Crippen molar-refractivity contribution in [2.45, 2.75) is 32.5 Å². The Morgan fingerprint density at radius 1 is 1.10 bits per heavy atom. The summed E-state index contributed by atoms with van der Waals surface area (Å²) in [6, 6.07) is 4.56. The van der Waals surface area contributed by atoms with Crippen LogP contribution in [0.25, 0.3) is 5.69 Å². The normalized spacial score (nSPS) is 12.5. The number of nitrogen functional groups attached to an aromatic ring is 1. The van der Waals surface area contributed by atoms with Crippen molar-refractivity contribution in [3.63, 3.8) is 0 Å². The molecule has 2 aromatic rings. The molecule has 0 aliphatic heterocycles. The van der Waals surface area contributed by atoms with Gasteiger partial charge in [-0.3, -0.25) is 0 Å². The van der Waals surface area contributed by atoms with E-state index in [4.69, 9.17) is 5.73 Å². The molecule has 1 aromatic carbocycles. The van der Waals surface area contributed by atoms with E-state index < -0.39 is 11.7 Å². The first-order valence-corrected chi connectivity index (χ1v) is 6.25. The number of nitrogens with zero attached hydrogens (tertiary/aromatic N) is 3. The second-order valence-electron chi connectivity index (χ2n) is 5.63. The van der Waals surface area contributed by atoms with Crippen LogP contribution in [0.3, 0.4) is 0 Å². The number of aromatic nitrogens is 3. The highest BCUT2D eigenvalue weighted by atomic mass is 19.4. The van der Waals surface area contributed by atoms with E-state index in [-0.39, 0.29) is 11.5 Å². The van der Waals surface area contributed by atoms with Gasteiger partial charge in [-0.1, -0.05) is 0 Å². The van der Waals surface area contributed by atoms with Crippen LogP contribution in [0.1, 0.15) is 26.3 Å². The number of alkyl halides is 3. The number of hydrogen-bond acceptors (Lipinski definition) is 4. The van der Waals surface area contributed by atoms with E-state index in [1.807, 2.05) is 20.8 Å². The Morgan fingerprint density at radius 2 is 1.67 bits per heavy atom. The maximum atomic E-state index is 12.5. The molecule has 3 N–H and O–H groups in total. The van der Waals surface area contributed by atoms with E-state index in [0.717, 1.165) is 12.1 Å². The molecule has 0 saturated carbocycles. The summed E-state index contributed by atoms with van der Waals surface area (Å²) in [6.07, 6.45) is -4.37. The van der Waals surface area contributed by atoms with E-state index in [9.17, 15) is 13.2 Å². The second kappa shape index (κ2) is 4.94. The SMILES string of the molecule is CC(C)(C)Nc1nc(N)n(-c2ccc(C(F)(F)F)cc2)n1. The third-order valence-electron chi connectivity index (χ3n) is 2.56. The minimum atomic E-state index is -4.37. The lowest BCUT2D eigenvalue weighted by Crippen LogP contribution is -2.26. The zero-order valence-electron chi connectivity index (χ0n) is 11.9. The Balaban J connectivity index is 2.30. The van der Waals surface area contributed by atoms with Gasteiger partial charge in [-0.15, -0.1) is 5.10 Å².